The minimum Gasteiger partial charge on any atom is -0.368 e. The molecule has 3 aromatic rings. The first kappa shape index (κ1) is 18.5. The Morgan fingerprint density at radius 1 is 1.19 bits per heavy atom. The van der Waals surface area contributed by atoms with Crippen LogP contribution in [0.1, 0.15) is 26.8 Å². The Hall–Kier alpha value is -3.30. The van der Waals surface area contributed by atoms with E-state index in [1.807, 2.05) is 13.8 Å². The van der Waals surface area contributed by atoms with Crippen molar-refractivity contribution in [3.05, 3.63) is 36.0 Å². The lowest BCUT2D eigenvalue weighted by Crippen LogP contribution is -2.25. The second kappa shape index (κ2) is 7.14. The summed E-state index contributed by atoms with van der Waals surface area (Å²) >= 11 is 0. The lowest BCUT2D eigenvalue weighted by atomic mass is 10.3. The van der Waals surface area contributed by atoms with Crippen molar-refractivity contribution in [3.8, 4) is 0 Å². The molecule has 2 heterocycles. The van der Waals surface area contributed by atoms with Gasteiger partial charge in [0.2, 0.25) is 17.8 Å². The number of fused-ring (bicyclic) bond motifs is 1. The van der Waals surface area contributed by atoms with Gasteiger partial charge in [0, 0.05) is 6.04 Å². The number of primary amides is 1. The number of nitrogens with two attached hydrogens (primary N) is 1. The summed E-state index contributed by atoms with van der Waals surface area (Å²) in [5.74, 6) is -1.89. The molecular formula is C17H19F2N7O. The number of anilines is 3. The van der Waals surface area contributed by atoms with Gasteiger partial charge in [-0.15, -0.1) is 0 Å². The van der Waals surface area contributed by atoms with E-state index in [4.69, 9.17) is 5.73 Å². The maximum atomic E-state index is 14.0. The molecular weight excluding hydrogens is 356 g/mol. The Morgan fingerprint density at radius 3 is 2.44 bits per heavy atom. The Labute approximate surface area is 153 Å². The van der Waals surface area contributed by atoms with E-state index in [0.29, 0.717) is 17.1 Å². The van der Waals surface area contributed by atoms with Crippen LogP contribution in [0.3, 0.4) is 0 Å². The first-order valence-electron chi connectivity index (χ1n) is 8.29. The molecule has 4 N–H and O–H groups in total. The van der Waals surface area contributed by atoms with E-state index in [1.165, 1.54) is 16.8 Å². The number of imidazole rings is 1. The van der Waals surface area contributed by atoms with Gasteiger partial charge in [0.1, 0.15) is 28.9 Å². The summed E-state index contributed by atoms with van der Waals surface area (Å²) in [6.45, 7) is 5.39. The van der Waals surface area contributed by atoms with Crippen LogP contribution in [0.15, 0.2) is 24.4 Å². The van der Waals surface area contributed by atoms with Gasteiger partial charge in [-0.2, -0.15) is 4.98 Å². The number of para-hydroxylation sites is 1. The Kier molecular flexibility index (Phi) is 4.89. The second-order valence-corrected chi connectivity index (χ2v) is 6.31. The quantitative estimate of drug-likeness (QED) is 0.611. The van der Waals surface area contributed by atoms with Gasteiger partial charge in [0.15, 0.2) is 5.65 Å². The first-order chi connectivity index (χ1) is 12.8. The molecule has 10 heteroatoms. The Morgan fingerprint density at radius 2 is 1.85 bits per heavy atom. The van der Waals surface area contributed by atoms with Crippen molar-refractivity contribution in [2.75, 3.05) is 10.6 Å². The molecule has 0 fully saturated rings. The summed E-state index contributed by atoms with van der Waals surface area (Å²) in [7, 11) is 0. The average Bonchev–Trinajstić information content (AvgIpc) is 2.94. The highest BCUT2D eigenvalue weighted by Gasteiger charge is 2.23. The molecule has 0 unspecified atom stereocenters. The minimum atomic E-state index is -0.867. The molecule has 0 spiro atoms. The zero-order valence-electron chi connectivity index (χ0n) is 15.0. The van der Waals surface area contributed by atoms with Crippen molar-refractivity contribution in [2.24, 2.45) is 5.73 Å². The highest BCUT2D eigenvalue weighted by Crippen LogP contribution is 2.28. The van der Waals surface area contributed by atoms with Crippen molar-refractivity contribution in [1.29, 1.82) is 0 Å². The molecule has 1 amide bonds. The molecule has 8 nitrogen and oxygen atoms in total. The fraction of sp³-hybridized carbons (Fsp3) is 0.294. The molecule has 2 aromatic heterocycles. The summed E-state index contributed by atoms with van der Waals surface area (Å²) in [4.78, 5) is 24.6. The normalized spacial score (nSPS) is 12.4. The van der Waals surface area contributed by atoms with E-state index in [9.17, 15) is 13.6 Å². The number of halogens is 2. The van der Waals surface area contributed by atoms with E-state index >= 15 is 0 Å². The largest absolute Gasteiger partial charge is 0.368 e. The van der Waals surface area contributed by atoms with Gasteiger partial charge in [-0.05, 0) is 32.9 Å². The maximum absolute atomic E-state index is 14.0. The fourth-order valence-electron chi connectivity index (χ4n) is 2.53. The number of hydrogen-bond donors (Lipinski definition) is 3. The van der Waals surface area contributed by atoms with Crippen LogP contribution in [-0.2, 0) is 4.79 Å². The van der Waals surface area contributed by atoms with Crippen LogP contribution >= 0.6 is 0 Å². The van der Waals surface area contributed by atoms with Crippen molar-refractivity contribution < 1.29 is 13.6 Å². The molecule has 142 valence electrons. The summed E-state index contributed by atoms with van der Waals surface area (Å²) in [5.41, 5.74) is 5.70. The zero-order valence-corrected chi connectivity index (χ0v) is 15.0. The van der Waals surface area contributed by atoms with Crippen LogP contribution in [0.4, 0.5) is 26.4 Å². The molecule has 1 aromatic carbocycles. The zero-order chi connectivity index (χ0) is 19.7. The third-order valence-electron chi connectivity index (χ3n) is 3.85. The predicted molar refractivity (Wildman–Crippen MR) is 97.6 cm³/mol. The first-order valence-corrected chi connectivity index (χ1v) is 8.29. The van der Waals surface area contributed by atoms with Crippen LogP contribution in [-0.4, -0.2) is 31.5 Å². The van der Waals surface area contributed by atoms with Gasteiger partial charge in [-0.1, -0.05) is 6.07 Å². The molecule has 0 aliphatic carbocycles. The number of benzene rings is 1. The van der Waals surface area contributed by atoms with Crippen molar-refractivity contribution in [3.63, 3.8) is 0 Å². The molecule has 0 aliphatic heterocycles. The third kappa shape index (κ3) is 3.64. The molecule has 3 rings (SSSR count). The van der Waals surface area contributed by atoms with Gasteiger partial charge in [0.05, 0.1) is 6.20 Å². The number of carbonyl (C=O) groups excluding carboxylic acids is 1. The van der Waals surface area contributed by atoms with Gasteiger partial charge < -0.3 is 16.4 Å². The minimum absolute atomic E-state index is 0.0243. The smallest absolute Gasteiger partial charge is 0.240 e. The van der Waals surface area contributed by atoms with E-state index in [-0.39, 0.29) is 17.7 Å². The van der Waals surface area contributed by atoms with Crippen molar-refractivity contribution in [2.45, 2.75) is 32.9 Å². The molecule has 0 radical (unpaired) electrons. The lowest BCUT2D eigenvalue weighted by molar-refractivity contribution is -0.120. The van der Waals surface area contributed by atoms with Crippen LogP contribution in [0.2, 0.25) is 0 Å². The average molecular weight is 375 g/mol. The molecule has 0 aliphatic rings. The number of aromatic nitrogens is 4. The van der Waals surface area contributed by atoms with Gasteiger partial charge in [-0.25, -0.2) is 18.7 Å². The fourth-order valence-corrected chi connectivity index (χ4v) is 2.53. The predicted octanol–water partition coefficient (Wildman–Crippen LogP) is 2.71. The second-order valence-electron chi connectivity index (χ2n) is 6.31. The number of hydrogen-bond acceptors (Lipinski definition) is 6. The summed E-state index contributed by atoms with van der Waals surface area (Å²) in [5, 5.41) is 5.65. The molecule has 0 saturated carbocycles. The van der Waals surface area contributed by atoms with E-state index in [1.54, 1.807) is 6.92 Å². The summed E-state index contributed by atoms with van der Waals surface area (Å²) < 4.78 is 29.4. The number of nitrogens with one attached hydrogen (secondary N) is 2. The van der Waals surface area contributed by atoms with Gasteiger partial charge in [0.25, 0.3) is 0 Å². The van der Waals surface area contributed by atoms with Crippen molar-refractivity contribution >= 4 is 34.7 Å². The number of nitrogens with zero attached hydrogens (tertiary/aromatic N) is 4. The van der Waals surface area contributed by atoms with Crippen molar-refractivity contribution in [1.82, 2.24) is 19.5 Å². The van der Waals surface area contributed by atoms with E-state index in [0.717, 1.165) is 12.1 Å². The van der Waals surface area contributed by atoms with Crippen LogP contribution in [0, 0.1) is 11.6 Å². The van der Waals surface area contributed by atoms with Crippen LogP contribution < -0.4 is 16.4 Å². The monoisotopic (exact) mass is 375 g/mol. The Bertz CT molecular complexity index is 982. The summed E-state index contributed by atoms with van der Waals surface area (Å²) in [6, 6.07) is 2.69. The van der Waals surface area contributed by atoms with Crippen LogP contribution in [0.5, 0.6) is 0 Å². The number of amides is 1. The molecule has 0 saturated heterocycles. The topological polar surface area (TPSA) is 111 Å². The number of carbonyl (C=O) groups is 1. The standard InChI is InChI=1S/C17H19F2N7O/c1-8(2)22-16-21-7-12-15(25-16)26(9(3)14(20)27)17(23-12)24-13-10(18)5-4-6-11(13)19/h4-9H,1-3H3,(H2,20,27)(H,23,24)(H,21,22,25)/t9-/m1/s1. The van der Waals surface area contributed by atoms with E-state index < -0.39 is 23.6 Å². The molecule has 1 atom stereocenters. The molecule has 0 bridgehead atoms. The van der Waals surface area contributed by atoms with Crippen LogP contribution in [0.25, 0.3) is 11.2 Å². The SMILES string of the molecule is CC(C)Nc1ncc2nc(Nc3c(F)cccc3F)n([C@H](C)C(N)=O)c2n1. The number of rotatable bonds is 6. The lowest BCUT2D eigenvalue weighted by Gasteiger charge is -2.15. The summed E-state index contributed by atoms with van der Waals surface area (Å²) in [6.07, 6.45) is 1.46. The highest BCUT2D eigenvalue weighted by molar-refractivity contribution is 5.83. The van der Waals surface area contributed by atoms with E-state index in [2.05, 4.69) is 25.6 Å². The highest BCUT2D eigenvalue weighted by atomic mass is 19.1. The third-order valence-corrected chi connectivity index (χ3v) is 3.85. The Balaban J connectivity index is 2.16. The van der Waals surface area contributed by atoms with Gasteiger partial charge >= 0.3 is 0 Å². The van der Waals surface area contributed by atoms with Gasteiger partial charge in [-0.3, -0.25) is 9.36 Å². The maximum Gasteiger partial charge on any atom is 0.240 e. The molecule has 27 heavy (non-hydrogen) atoms.